The van der Waals surface area contributed by atoms with Crippen LogP contribution in [0.1, 0.15) is 147 Å². The standard InChI is InChI=1S/C49H82N2O12/c1-13-17-35(40(52)32(10)41(53)39(50)43-29(7)18-19-36(59-43)34(15-3)44(54)57-26-14-2)42-30(8)27-31(9)48(61-42)23-21-38(60-45(55)51-28(5)6)49(63-48)25-24-46(12,62-49)37-20-22-47(56,16-4)33(11)58-37/h14,21,23,28-39,41-43,53,56H,2,13,15-20,22,24-27,50H2,1,3-12H3,(H,51,55)/t29-,30-,31+,32+,33-,34+,35-,36+,37+,38+,39-,41+,42-,43+,46-,47+,48-,49-/m0/s1. The van der Waals surface area contributed by atoms with Gasteiger partial charge in [-0.25, -0.2) is 4.79 Å². The first-order valence-electron chi connectivity index (χ1n) is 24.2. The minimum atomic E-state index is -1.45. The van der Waals surface area contributed by atoms with E-state index in [4.69, 9.17) is 38.9 Å². The van der Waals surface area contributed by atoms with E-state index in [1.165, 1.54) is 6.08 Å². The molecule has 5 heterocycles. The number of aliphatic hydroxyl groups excluding tert-OH is 1. The molecule has 4 fully saturated rings. The number of nitrogens with one attached hydrogen (secondary N) is 1. The van der Waals surface area contributed by atoms with Gasteiger partial charge in [0.15, 0.2) is 11.9 Å². The number of nitrogens with two attached hydrogens (primary N) is 1. The zero-order valence-electron chi connectivity index (χ0n) is 40.1. The zero-order valence-corrected chi connectivity index (χ0v) is 40.1. The van der Waals surface area contributed by atoms with Crippen LogP contribution in [0.5, 0.6) is 0 Å². The maximum absolute atomic E-state index is 14.8. The number of rotatable bonds is 17. The van der Waals surface area contributed by atoms with Crippen LogP contribution in [0.25, 0.3) is 0 Å². The first kappa shape index (κ1) is 51.6. The largest absolute Gasteiger partial charge is 0.461 e. The Bertz CT molecular complexity index is 1610. The molecule has 2 spiro atoms. The van der Waals surface area contributed by atoms with Gasteiger partial charge in [-0.15, -0.1) is 0 Å². The Morgan fingerprint density at radius 1 is 0.968 bits per heavy atom. The van der Waals surface area contributed by atoms with Gasteiger partial charge in [-0.2, -0.15) is 0 Å². The number of hydrogen-bond acceptors (Lipinski definition) is 13. The molecule has 0 aromatic carbocycles. The number of aliphatic hydroxyl groups is 2. The van der Waals surface area contributed by atoms with Crippen LogP contribution in [-0.4, -0.2) is 112 Å². The molecule has 18 atom stereocenters. The van der Waals surface area contributed by atoms with Gasteiger partial charge >= 0.3 is 12.1 Å². The normalized spacial score (nSPS) is 40.5. The second-order valence-electron chi connectivity index (χ2n) is 20.3. The Labute approximate surface area is 377 Å². The smallest absolute Gasteiger partial charge is 0.408 e. The molecule has 0 saturated carbocycles. The summed E-state index contributed by atoms with van der Waals surface area (Å²) in [6, 6.07) is -1.05. The number of ketones is 1. The maximum Gasteiger partial charge on any atom is 0.408 e. The lowest BCUT2D eigenvalue weighted by atomic mass is 9.73. The molecule has 0 radical (unpaired) electrons. The zero-order chi connectivity index (χ0) is 46.7. The molecule has 0 bridgehead atoms. The Balaban J connectivity index is 1.39. The van der Waals surface area contributed by atoms with Crippen LogP contribution in [0.15, 0.2) is 24.8 Å². The minimum absolute atomic E-state index is 0.0106. The average molecular weight is 891 g/mol. The van der Waals surface area contributed by atoms with Gasteiger partial charge in [-0.3, -0.25) is 9.59 Å². The van der Waals surface area contributed by atoms with Crippen molar-refractivity contribution >= 4 is 17.8 Å². The van der Waals surface area contributed by atoms with Gasteiger partial charge in [-0.05, 0) is 109 Å². The van der Waals surface area contributed by atoms with E-state index in [0.29, 0.717) is 64.2 Å². The maximum atomic E-state index is 14.8. The second-order valence-corrected chi connectivity index (χ2v) is 20.3. The Morgan fingerprint density at radius 2 is 1.68 bits per heavy atom. The molecule has 360 valence electrons. The van der Waals surface area contributed by atoms with Crippen LogP contribution >= 0.6 is 0 Å². The van der Waals surface area contributed by atoms with E-state index in [9.17, 15) is 24.6 Å². The van der Waals surface area contributed by atoms with Crippen LogP contribution < -0.4 is 11.1 Å². The third-order valence-corrected chi connectivity index (χ3v) is 15.3. The number of amides is 1. The van der Waals surface area contributed by atoms with Gasteiger partial charge in [0.25, 0.3) is 0 Å². The van der Waals surface area contributed by atoms with Gasteiger partial charge in [-0.1, -0.05) is 67.5 Å². The summed E-state index contributed by atoms with van der Waals surface area (Å²) >= 11 is 0. The molecule has 0 aromatic rings. The third-order valence-electron chi connectivity index (χ3n) is 15.3. The summed E-state index contributed by atoms with van der Waals surface area (Å²) in [4.78, 5) is 40.9. The number of hydrogen-bond donors (Lipinski definition) is 4. The average Bonchev–Trinajstić information content (AvgIpc) is 3.58. The third kappa shape index (κ3) is 10.9. The van der Waals surface area contributed by atoms with Gasteiger partial charge in [0.2, 0.25) is 5.79 Å². The molecule has 14 nitrogen and oxygen atoms in total. The highest BCUT2D eigenvalue weighted by molar-refractivity contribution is 5.84. The van der Waals surface area contributed by atoms with Crippen molar-refractivity contribution in [2.75, 3.05) is 6.61 Å². The van der Waals surface area contributed by atoms with Crippen LogP contribution in [0.2, 0.25) is 0 Å². The van der Waals surface area contributed by atoms with Crippen molar-refractivity contribution in [1.29, 1.82) is 0 Å². The van der Waals surface area contributed by atoms with Crippen LogP contribution in [0.4, 0.5) is 4.79 Å². The summed E-state index contributed by atoms with van der Waals surface area (Å²) in [5, 5.41) is 25.9. The Morgan fingerprint density at radius 3 is 2.30 bits per heavy atom. The van der Waals surface area contributed by atoms with Gasteiger partial charge in [0.1, 0.15) is 12.4 Å². The molecule has 5 aliphatic rings. The highest BCUT2D eigenvalue weighted by atomic mass is 16.8. The summed E-state index contributed by atoms with van der Waals surface area (Å²) in [6.07, 6.45) is 6.47. The van der Waals surface area contributed by atoms with E-state index in [2.05, 4.69) is 25.7 Å². The topological polar surface area (TPSA) is 194 Å². The highest BCUT2D eigenvalue weighted by Crippen LogP contribution is 2.54. The van der Waals surface area contributed by atoms with Gasteiger partial charge < -0.3 is 54.4 Å². The lowest BCUT2D eigenvalue weighted by Gasteiger charge is -2.54. The van der Waals surface area contributed by atoms with Crippen molar-refractivity contribution in [3.05, 3.63) is 24.8 Å². The molecule has 5 rings (SSSR count). The number of carbonyl (C=O) groups excluding carboxylic acids is 3. The van der Waals surface area contributed by atoms with Crippen molar-refractivity contribution < 1.29 is 57.8 Å². The SMILES string of the molecule is C=CCOC(=O)[C@H](CC)[C@H]1CC[C@H](C)[C@H]([C@@H](N)[C@H](O)[C@H](C)C(=O)[C@H](CCC)[C@H]2O[C@]3(C=C[C@@H](OC(=O)NC(C)C)[C@]4(CC[C@@](C)([C@H]5CC[C@](O)(CC)[C@H](C)O5)O4)O3)[C@H](C)C[C@@H]2C)O1. The number of alkyl carbamates (subject to hydrolysis) is 1. The molecule has 0 unspecified atom stereocenters. The molecule has 4 saturated heterocycles. The van der Waals surface area contributed by atoms with Crippen molar-refractivity contribution in [3.8, 4) is 0 Å². The fraction of sp³-hybridized carbons (Fsp3) is 0.857. The summed E-state index contributed by atoms with van der Waals surface area (Å²) in [5.41, 5.74) is 5.08. The molecule has 5 aliphatic heterocycles. The van der Waals surface area contributed by atoms with E-state index in [-0.39, 0.29) is 48.3 Å². The summed E-state index contributed by atoms with van der Waals surface area (Å²) in [6.45, 7) is 25.2. The van der Waals surface area contributed by atoms with Crippen LogP contribution in [-0.2, 0) is 42.7 Å². The van der Waals surface area contributed by atoms with Crippen LogP contribution in [0.3, 0.4) is 0 Å². The predicted octanol–water partition coefficient (Wildman–Crippen LogP) is 7.06. The molecule has 63 heavy (non-hydrogen) atoms. The van der Waals surface area contributed by atoms with Crippen LogP contribution in [0, 0.1) is 35.5 Å². The molecular formula is C49H82N2O12. The minimum Gasteiger partial charge on any atom is -0.461 e. The lowest BCUT2D eigenvalue weighted by molar-refractivity contribution is -0.408. The molecule has 0 aromatic heterocycles. The molecule has 0 aliphatic carbocycles. The number of Topliss-reactive ketones (excluding diaryl/α,β-unsaturated/α-hetero) is 1. The lowest BCUT2D eigenvalue weighted by Crippen LogP contribution is -2.64. The summed E-state index contributed by atoms with van der Waals surface area (Å²) in [7, 11) is 0. The van der Waals surface area contributed by atoms with Gasteiger partial charge in [0.05, 0.1) is 59.8 Å². The van der Waals surface area contributed by atoms with Gasteiger partial charge in [0, 0.05) is 30.2 Å². The van der Waals surface area contributed by atoms with Crippen molar-refractivity contribution in [1.82, 2.24) is 5.32 Å². The van der Waals surface area contributed by atoms with Crippen molar-refractivity contribution in [2.45, 2.75) is 224 Å². The number of ether oxygens (including phenoxy) is 7. The first-order valence-corrected chi connectivity index (χ1v) is 24.2. The first-order chi connectivity index (χ1) is 29.6. The van der Waals surface area contributed by atoms with E-state index in [1.807, 2.05) is 67.5 Å². The van der Waals surface area contributed by atoms with E-state index < -0.39 is 89.3 Å². The van der Waals surface area contributed by atoms with Crippen molar-refractivity contribution in [2.24, 2.45) is 41.2 Å². The quantitative estimate of drug-likeness (QED) is 0.0858. The van der Waals surface area contributed by atoms with Crippen molar-refractivity contribution in [3.63, 3.8) is 0 Å². The van der Waals surface area contributed by atoms with E-state index in [1.54, 1.807) is 6.92 Å². The Kier molecular flexibility index (Phi) is 17.2. The highest BCUT2D eigenvalue weighted by Gasteiger charge is 2.64. The number of esters is 1. The summed E-state index contributed by atoms with van der Waals surface area (Å²) in [5.74, 6) is -5.48. The molecule has 1 amide bonds. The van der Waals surface area contributed by atoms with E-state index in [0.717, 1.165) is 6.42 Å². The van der Waals surface area contributed by atoms with E-state index >= 15 is 0 Å². The fourth-order valence-corrected chi connectivity index (χ4v) is 11.1. The molecular weight excluding hydrogens is 809 g/mol. The predicted molar refractivity (Wildman–Crippen MR) is 238 cm³/mol. The molecule has 5 N–H and O–H groups in total. The molecule has 14 heteroatoms. The summed E-state index contributed by atoms with van der Waals surface area (Å²) < 4.78 is 45.9. The fourth-order valence-electron chi connectivity index (χ4n) is 11.1. The second kappa shape index (κ2) is 21.0. The Hall–Kier alpha value is -2.43. The number of carbonyl (C=O) groups is 3. The monoisotopic (exact) mass is 891 g/mol.